The van der Waals surface area contributed by atoms with Gasteiger partial charge in [-0.15, -0.1) is 0 Å². The molecule has 3 fully saturated rings. The number of hydrogen-bond acceptors (Lipinski definition) is 1. The molecule has 0 amide bonds. The summed E-state index contributed by atoms with van der Waals surface area (Å²) in [7, 11) is 0. The fourth-order valence-electron chi connectivity index (χ4n) is 3.04. The smallest absolute Gasteiger partial charge is 0.00530 e. The second-order valence-corrected chi connectivity index (χ2v) is 4.66. The van der Waals surface area contributed by atoms with E-state index in [1.165, 1.54) is 32.5 Å². The van der Waals surface area contributed by atoms with Crippen LogP contribution in [0.5, 0.6) is 0 Å². The molecule has 1 atom stereocenters. The first-order valence-electron chi connectivity index (χ1n) is 5.71. The number of fused-ring (bicyclic) bond motifs is 3. The predicted octanol–water partition coefficient (Wildman–Crippen LogP) is 2.50. The second-order valence-electron chi connectivity index (χ2n) is 4.66. The van der Waals surface area contributed by atoms with E-state index in [1.54, 1.807) is 5.56 Å². The van der Waals surface area contributed by atoms with Crippen molar-refractivity contribution in [2.45, 2.75) is 18.8 Å². The first-order valence-corrected chi connectivity index (χ1v) is 5.71. The number of rotatable bonds is 1. The van der Waals surface area contributed by atoms with Gasteiger partial charge in [0.2, 0.25) is 0 Å². The van der Waals surface area contributed by atoms with Crippen LogP contribution in [0.15, 0.2) is 30.3 Å². The normalized spacial score (nSPS) is 35.9. The van der Waals surface area contributed by atoms with Crippen molar-refractivity contribution < 1.29 is 0 Å². The van der Waals surface area contributed by atoms with Crippen LogP contribution in [0.2, 0.25) is 0 Å². The molecular formula is C13H17N. The summed E-state index contributed by atoms with van der Waals surface area (Å²) >= 11 is 0. The molecule has 1 aromatic carbocycles. The molecule has 0 unspecified atom stereocenters. The summed E-state index contributed by atoms with van der Waals surface area (Å²) in [6.07, 6.45) is 2.83. The highest BCUT2D eigenvalue weighted by atomic mass is 15.1. The van der Waals surface area contributed by atoms with Gasteiger partial charge in [0.15, 0.2) is 0 Å². The van der Waals surface area contributed by atoms with Gasteiger partial charge in [0, 0.05) is 6.54 Å². The molecule has 74 valence electrons. The van der Waals surface area contributed by atoms with E-state index in [2.05, 4.69) is 35.2 Å². The van der Waals surface area contributed by atoms with Gasteiger partial charge in [-0.2, -0.15) is 0 Å². The highest BCUT2D eigenvalue weighted by Gasteiger charge is 2.34. The molecule has 0 aliphatic carbocycles. The van der Waals surface area contributed by atoms with Crippen molar-refractivity contribution in [3.05, 3.63) is 35.9 Å². The van der Waals surface area contributed by atoms with Crippen molar-refractivity contribution in [1.82, 2.24) is 4.90 Å². The van der Waals surface area contributed by atoms with E-state index in [0.29, 0.717) is 0 Å². The van der Waals surface area contributed by atoms with Crippen molar-refractivity contribution in [3.63, 3.8) is 0 Å². The minimum Gasteiger partial charge on any atom is -0.303 e. The van der Waals surface area contributed by atoms with E-state index < -0.39 is 0 Å². The van der Waals surface area contributed by atoms with Crippen LogP contribution in [0.4, 0.5) is 0 Å². The van der Waals surface area contributed by atoms with Crippen LogP contribution < -0.4 is 0 Å². The second kappa shape index (κ2) is 3.39. The summed E-state index contributed by atoms with van der Waals surface area (Å²) in [6, 6.07) is 11.1. The minimum absolute atomic E-state index is 0.818. The van der Waals surface area contributed by atoms with Gasteiger partial charge in [0.1, 0.15) is 0 Å². The highest BCUT2D eigenvalue weighted by molar-refractivity contribution is 5.22. The van der Waals surface area contributed by atoms with E-state index >= 15 is 0 Å². The molecule has 0 aromatic heterocycles. The van der Waals surface area contributed by atoms with Gasteiger partial charge >= 0.3 is 0 Å². The van der Waals surface area contributed by atoms with Crippen molar-refractivity contribution in [3.8, 4) is 0 Å². The SMILES string of the molecule is c1ccc([C@H]2CN3CCC2CC3)cc1. The van der Waals surface area contributed by atoms with Crippen LogP contribution in [0.1, 0.15) is 24.3 Å². The Bertz CT molecular complexity index is 298. The molecule has 0 N–H and O–H groups in total. The molecule has 1 aromatic rings. The standard InChI is InChI=1S/C13H17N/c1-2-4-11(5-3-1)13-10-14-8-6-12(13)7-9-14/h1-5,12-13H,6-10H2/t13-/m1/s1. The van der Waals surface area contributed by atoms with Crippen LogP contribution in [0.25, 0.3) is 0 Å². The molecule has 0 spiro atoms. The lowest BCUT2D eigenvalue weighted by molar-refractivity contribution is 0.0871. The molecule has 1 nitrogen and oxygen atoms in total. The monoisotopic (exact) mass is 187 g/mol. The molecule has 3 saturated heterocycles. The van der Waals surface area contributed by atoms with Gasteiger partial charge in [0.25, 0.3) is 0 Å². The van der Waals surface area contributed by atoms with Crippen molar-refractivity contribution >= 4 is 0 Å². The largest absolute Gasteiger partial charge is 0.303 e. The molecule has 14 heavy (non-hydrogen) atoms. The third-order valence-electron chi connectivity index (χ3n) is 3.88. The molecular weight excluding hydrogens is 170 g/mol. The predicted molar refractivity (Wildman–Crippen MR) is 58.3 cm³/mol. The first-order chi connectivity index (χ1) is 6.93. The van der Waals surface area contributed by atoms with E-state index in [4.69, 9.17) is 0 Å². The Morgan fingerprint density at radius 1 is 1.00 bits per heavy atom. The molecule has 3 aliphatic heterocycles. The molecule has 0 saturated carbocycles. The van der Waals surface area contributed by atoms with Crippen LogP contribution >= 0.6 is 0 Å². The van der Waals surface area contributed by atoms with E-state index in [9.17, 15) is 0 Å². The zero-order valence-electron chi connectivity index (χ0n) is 8.52. The van der Waals surface area contributed by atoms with Crippen LogP contribution in [0, 0.1) is 5.92 Å². The molecule has 0 radical (unpaired) electrons. The Labute approximate surface area is 85.7 Å². The summed E-state index contributed by atoms with van der Waals surface area (Å²) in [5.74, 6) is 1.78. The summed E-state index contributed by atoms with van der Waals surface area (Å²) in [6.45, 7) is 3.98. The summed E-state index contributed by atoms with van der Waals surface area (Å²) < 4.78 is 0. The quantitative estimate of drug-likeness (QED) is 0.653. The van der Waals surface area contributed by atoms with Crippen molar-refractivity contribution in [1.29, 1.82) is 0 Å². The Kier molecular flexibility index (Phi) is 2.06. The minimum atomic E-state index is 0.818. The van der Waals surface area contributed by atoms with Gasteiger partial charge in [-0.05, 0) is 43.3 Å². The lowest BCUT2D eigenvalue weighted by atomic mass is 9.75. The Morgan fingerprint density at radius 2 is 1.71 bits per heavy atom. The molecule has 2 bridgehead atoms. The van der Waals surface area contributed by atoms with Gasteiger partial charge in [-0.3, -0.25) is 0 Å². The summed E-state index contributed by atoms with van der Waals surface area (Å²) in [5.41, 5.74) is 1.56. The van der Waals surface area contributed by atoms with E-state index in [1.807, 2.05) is 0 Å². The Morgan fingerprint density at radius 3 is 2.29 bits per heavy atom. The Hall–Kier alpha value is -0.820. The lowest BCUT2D eigenvalue weighted by Crippen LogP contribution is -2.46. The molecule has 3 heterocycles. The molecule has 1 heteroatoms. The lowest BCUT2D eigenvalue weighted by Gasteiger charge is -2.45. The van der Waals surface area contributed by atoms with Gasteiger partial charge < -0.3 is 4.90 Å². The number of nitrogens with zero attached hydrogens (tertiary/aromatic N) is 1. The average Bonchev–Trinajstić information content (AvgIpc) is 2.32. The van der Waals surface area contributed by atoms with Gasteiger partial charge in [0.05, 0.1) is 0 Å². The topological polar surface area (TPSA) is 3.24 Å². The molecule has 3 aliphatic rings. The third kappa shape index (κ3) is 1.36. The molecule has 4 rings (SSSR count). The fourth-order valence-corrected chi connectivity index (χ4v) is 3.04. The Balaban J connectivity index is 1.86. The first kappa shape index (κ1) is 8.49. The third-order valence-corrected chi connectivity index (χ3v) is 3.88. The maximum Gasteiger partial charge on any atom is 0.00530 e. The zero-order chi connectivity index (χ0) is 9.38. The van der Waals surface area contributed by atoms with Crippen LogP contribution in [-0.4, -0.2) is 24.5 Å². The summed E-state index contributed by atoms with van der Waals surface area (Å²) in [4.78, 5) is 2.62. The van der Waals surface area contributed by atoms with Crippen molar-refractivity contribution in [2.24, 2.45) is 5.92 Å². The fraction of sp³-hybridized carbons (Fsp3) is 0.538. The van der Waals surface area contributed by atoms with Gasteiger partial charge in [-0.25, -0.2) is 0 Å². The maximum absolute atomic E-state index is 2.62. The summed E-state index contributed by atoms with van der Waals surface area (Å²) in [5, 5.41) is 0. The highest BCUT2D eigenvalue weighted by Crippen LogP contribution is 2.38. The van der Waals surface area contributed by atoms with Crippen LogP contribution in [0.3, 0.4) is 0 Å². The number of benzene rings is 1. The van der Waals surface area contributed by atoms with E-state index in [-0.39, 0.29) is 0 Å². The van der Waals surface area contributed by atoms with E-state index in [0.717, 1.165) is 11.8 Å². The average molecular weight is 187 g/mol. The zero-order valence-corrected chi connectivity index (χ0v) is 8.52. The van der Waals surface area contributed by atoms with Crippen molar-refractivity contribution in [2.75, 3.05) is 19.6 Å². The number of hydrogen-bond donors (Lipinski definition) is 0. The van der Waals surface area contributed by atoms with Gasteiger partial charge in [-0.1, -0.05) is 30.3 Å². The maximum atomic E-state index is 2.62. The van der Waals surface area contributed by atoms with Crippen LogP contribution in [-0.2, 0) is 0 Å². The number of piperidine rings is 3.